The van der Waals surface area contributed by atoms with E-state index in [2.05, 4.69) is 10.5 Å². The molecule has 8 heteroatoms. The lowest BCUT2D eigenvalue weighted by atomic mass is 10.1. The summed E-state index contributed by atoms with van der Waals surface area (Å²) in [7, 11) is 0. The Morgan fingerprint density at radius 3 is 2.61 bits per heavy atom. The van der Waals surface area contributed by atoms with Crippen LogP contribution in [-0.2, 0) is 0 Å². The topological polar surface area (TPSA) is 84.6 Å². The van der Waals surface area contributed by atoms with E-state index in [9.17, 15) is 14.9 Å². The Labute approximate surface area is 141 Å². The maximum Gasteiger partial charge on any atom is 0.272 e. The Kier molecular flexibility index (Phi) is 5.31. The second kappa shape index (κ2) is 7.21. The molecule has 0 unspecified atom stereocenters. The van der Waals surface area contributed by atoms with E-state index in [1.54, 1.807) is 25.1 Å². The van der Waals surface area contributed by atoms with Gasteiger partial charge < -0.3 is 0 Å². The minimum absolute atomic E-state index is 0.0517. The molecule has 23 heavy (non-hydrogen) atoms. The molecule has 0 fully saturated rings. The van der Waals surface area contributed by atoms with Gasteiger partial charge in [0.25, 0.3) is 11.6 Å². The summed E-state index contributed by atoms with van der Waals surface area (Å²) >= 11 is 11.7. The average molecular weight is 352 g/mol. The highest BCUT2D eigenvalue weighted by atomic mass is 35.5. The van der Waals surface area contributed by atoms with Crippen molar-refractivity contribution in [1.82, 2.24) is 5.43 Å². The number of carbonyl (C=O) groups is 1. The van der Waals surface area contributed by atoms with Crippen LogP contribution in [0.5, 0.6) is 0 Å². The number of amides is 1. The number of hydrogen-bond donors (Lipinski definition) is 1. The second-order valence-electron chi connectivity index (χ2n) is 4.57. The number of carbonyl (C=O) groups excluding carboxylic acids is 1. The lowest BCUT2D eigenvalue weighted by Crippen LogP contribution is -2.19. The molecule has 1 amide bonds. The van der Waals surface area contributed by atoms with E-state index in [4.69, 9.17) is 23.2 Å². The molecule has 0 radical (unpaired) electrons. The summed E-state index contributed by atoms with van der Waals surface area (Å²) in [5.41, 5.74) is 3.49. The summed E-state index contributed by atoms with van der Waals surface area (Å²) < 4.78 is 0. The number of hydrazone groups is 1. The molecule has 0 spiro atoms. The van der Waals surface area contributed by atoms with Gasteiger partial charge in [0, 0.05) is 22.7 Å². The third kappa shape index (κ3) is 4.28. The Morgan fingerprint density at radius 1 is 1.22 bits per heavy atom. The standard InChI is InChI=1S/C15H11Cl2N3O3/c1-9(10-3-2-4-12(7-10)20(22)23)18-19-15(21)13-6-5-11(16)8-14(13)17/h2-8H,1H3,(H,19,21)/b18-9-. The lowest BCUT2D eigenvalue weighted by molar-refractivity contribution is -0.384. The summed E-state index contributed by atoms with van der Waals surface area (Å²) in [6.07, 6.45) is 0. The number of non-ortho nitro benzene ring substituents is 1. The fourth-order valence-corrected chi connectivity index (χ4v) is 2.27. The summed E-state index contributed by atoms with van der Waals surface area (Å²) in [6, 6.07) is 10.4. The zero-order chi connectivity index (χ0) is 17.0. The predicted molar refractivity (Wildman–Crippen MR) is 89.2 cm³/mol. The Balaban J connectivity index is 2.17. The number of hydrogen-bond acceptors (Lipinski definition) is 4. The van der Waals surface area contributed by atoms with Gasteiger partial charge in [-0.15, -0.1) is 0 Å². The zero-order valence-corrected chi connectivity index (χ0v) is 13.4. The van der Waals surface area contributed by atoms with Gasteiger partial charge in [0.05, 0.1) is 21.2 Å². The molecule has 6 nitrogen and oxygen atoms in total. The van der Waals surface area contributed by atoms with Crippen LogP contribution in [0.25, 0.3) is 0 Å². The van der Waals surface area contributed by atoms with E-state index in [0.717, 1.165) is 0 Å². The van der Waals surface area contributed by atoms with Gasteiger partial charge in [0.1, 0.15) is 0 Å². The SMILES string of the molecule is C/C(=N/NC(=O)c1ccc(Cl)cc1Cl)c1cccc([N+](=O)[O-])c1. The fourth-order valence-electron chi connectivity index (χ4n) is 1.78. The normalized spacial score (nSPS) is 11.2. The molecule has 0 bridgehead atoms. The Hall–Kier alpha value is -2.44. The molecule has 0 aromatic heterocycles. The van der Waals surface area contributed by atoms with Gasteiger partial charge in [-0.1, -0.05) is 35.3 Å². The van der Waals surface area contributed by atoms with Crippen molar-refractivity contribution in [3.05, 3.63) is 73.8 Å². The molecule has 2 aromatic carbocycles. The molecule has 2 aromatic rings. The van der Waals surface area contributed by atoms with E-state index in [1.165, 1.54) is 24.3 Å². The molecule has 0 heterocycles. The quantitative estimate of drug-likeness (QED) is 0.512. The van der Waals surface area contributed by atoms with Crippen LogP contribution in [0.3, 0.4) is 0 Å². The Bertz CT molecular complexity index is 806. The van der Waals surface area contributed by atoms with E-state index in [1.807, 2.05) is 0 Å². The van der Waals surface area contributed by atoms with E-state index < -0.39 is 10.8 Å². The molecule has 0 aliphatic rings. The van der Waals surface area contributed by atoms with Gasteiger partial charge >= 0.3 is 0 Å². The van der Waals surface area contributed by atoms with Crippen molar-refractivity contribution in [1.29, 1.82) is 0 Å². The molecular formula is C15H11Cl2N3O3. The van der Waals surface area contributed by atoms with Crippen molar-refractivity contribution < 1.29 is 9.72 Å². The van der Waals surface area contributed by atoms with Crippen LogP contribution >= 0.6 is 23.2 Å². The molecule has 2 rings (SSSR count). The lowest BCUT2D eigenvalue weighted by Gasteiger charge is -2.05. The van der Waals surface area contributed by atoms with Crippen LogP contribution in [0.4, 0.5) is 5.69 Å². The number of nitrogens with zero attached hydrogens (tertiary/aromatic N) is 2. The summed E-state index contributed by atoms with van der Waals surface area (Å²) in [5.74, 6) is -0.503. The van der Waals surface area contributed by atoms with E-state index >= 15 is 0 Å². The van der Waals surface area contributed by atoms with Gasteiger partial charge in [0.15, 0.2) is 0 Å². The van der Waals surface area contributed by atoms with Crippen molar-refractivity contribution in [3.63, 3.8) is 0 Å². The first-order chi connectivity index (χ1) is 10.9. The fraction of sp³-hybridized carbons (Fsp3) is 0.0667. The summed E-state index contributed by atoms with van der Waals surface area (Å²) in [4.78, 5) is 22.3. The molecule has 118 valence electrons. The number of nitro groups is 1. The molecule has 0 aliphatic carbocycles. The monoisotopic (exact) mass is 351 g/mol. The van der Waals surface area contributed by atoms with Crippen LogP contribution in [0.1, 0.15) is 22.8 Å². The molecule has 0 aliphatic heterocycles. The van der Waals surface area contributed by atoms with Crippen molar-refractivity contribution >= 4 is 40.5 Å². The molecule has 1 N–H and O–H groups in total. The first kappa shape index (κ1) is 16.9. The second-order valence-corrected chi connectivity index (χ2v) is 5.41. The van der Waals surface area contributed by atoms with Crippen LogP contribution in [-0.4, -0.2) is 16.5 Å². The highest BCUT2D eigenvalue weighted by Gasteiger charge is 2.11. The number of benzene rings is 2. The smallest absolute Gasteiger partial charge is 0.267 e. The number of rotatable bonds is 4. The van der Waals surface area contributed by atoms with Crippen LogP contribution in [0.2, 0.25) is 10.0 Å². The molecule has 0 saturated heterocycles. The van der Waals surface area contributed by atoms with Crippen molar-refractivity contribution in [2.75, 3.05) is 0 Å². The van der Waals surface area contributed by atoms with Crippen LogP contribution in [0, 0.1) is 10.1 Å². The first-order valence-corrected chi connectivity index (χ1v) is 7.18. The minimum Gasteiger partial charge on any atom is -0.267 e. The summed E-state index contributed by atoms with van der Waals surface area (Å²) in [6.45, 7) is 1.63. The van der Waals surface area contributed by atoms with E-state index in [0.29, 0.717) is 16.3 Å². The largest absolute Gasteiger partial charge is 0.272 e. The predicted octanol–water partition coefficient (Wildman–Crippen LogP) is 4.06. The molecule has 0 atom stereocenters. The number of nitro benzene ring substituents is 1. The van der Waals surface area contributed by atoms with Crippen LogP contribution in [0.15, 0.2) is 47.6 Å². The highest BCUT2D eigenvalue weighted by Crippen LogP contribution is 2.21. The Morgan fingerprint density at radius 2 is 1.96 bits per heavy atom. The van der Waals surface area contributed by atoms with Gasteiger partial charge in [-0.2, -0.15) is 5.10 Å². The first-order valence-electron chi connectivity index (χ1n) is 6.43. The zero-order valence-electron chi connectivity index (χ0n) is 11.9. The van der Waals surface area contributed by atoms with Crippen LogP contribution < -0.4 is 5.43 Å². The van der Waals surface area contributed by atoms with E-state index in [-0.39, 0.29) is 16.3 Å². The highest BCUT2D eigenvalue weighted by molar-refractivity contribution is 6.36. The third-order valence-electron chi connectivity index (χ3n) is 2.98. The van der Waals surface area contributed by atoms with Crippen molar-refractivity contribution in [2.45, 2.75) is 6.92 Å². The van der Waals surface area contributed by atoms with Gasteiger partial charge in [-0.05, 0) is 25.1 Å². The maximum absolute atomic E-state index is 12.0. The van der Waals surface area contributed by atoms with Gasteiger partial charge in [-0.3, -0.25) is 14.9 Å². The number of halogens is 2. The summed E-state index contributed by atoms with van der Waals surface area (Å²) in [5, 5.41) is 15.3. The average Bonchev–Trinajstić information content (AvgIpc) is 2.52. The maximum atomic E-state index is 12.0. The van der Waals surface area contributed by atoms with Crippen molar-refractivity contribution in [2.24, 2.45) is 5.10 Å². The minimum atomic E-state index is -0.503. The molecular weight excluding hydrogens is 341 g/mol. The number of nitrogens with one attached hydrogen (secondary N) is 1. The van der Waals surface area contributed by atoms with Gasteiger partial charge in [0.2, 0.25) is 0 Å². The third-order valence-corrected chi connectivity index (χ3v) is 3.52. The molecule has 0 saturated carbocycles. The van der Waals surface area contributed by atoms with Crippen molar-refractivity contribution in [3.8, 4) is 0 Å². The van der Waals surface area contributed by atoms with Gasteiger partial charge in [-0.25, -0.2) is 5.43 Å².